The molecule has 2 rings (SSSR count). The van der Waals surface area contributed by atoms with E-state index >= 15 is 0 Å². The summed E-state index contributed by atoms with van der Waals surface area (Å²) in [6.45, 7) is 1.60. The van der Waals surface area contributed by atoms with E-state index in [9.17, 15) is 12.8 Å². The lowest BCUT2D eigenvalue weighted by atomic mass is 10.2. The van der Waals surface area contributed by atoms with Gasteiger partial charge in [0, 0.05) is 12.7 Å². The standard InChI is InChI=1S/C13H14BrFN2O3S/c1-8-5-10(15)12(6-11(8)16)21(18,19)17(2)7-9-3-4-13(14)20-9/h3-6H,7,16H2,1-2H3. The van der Waals surface area contributed by atoms with Crippen LogP contribution in [0.25, 0.3) is 0 Å². The Morgan fingerprint density at radius 3 is 2.62 bits per heavy atom. The van der Waals surface area contributed by atoms with Crippen molar-refractivity contribution in [1.29, 1.82) is 0 Å². The normalized spacial score (nSPS) is 12.0. The molecule has 0 amide bonds. The Morgan fingerprint density at radius 1 is 1.38 bits per heavy atom. The maximum absolute atomic E-state index is 13.9. The van der Waals surface area contributed by atoms with E-state index in [0.717, 1.165) is 16.4 Å². The van der Waals surface area contributed by atoms with Crippen LogP contribution < -0.4 is 5.73 Å². The molecule has 114 valence electrons. The Kier molecular flexibility index (Phi) is 4.40. The summed E-state index contributed by atoms with van der Waals surface area (Å²) in [5, 5.41) is 0. The molecule has 1 aromatic heterocycles. The van der Waals surface area contributed by atoms with Crippen LogP contribution in [-0.4, -0.2) is 19.8 Å². The minimum atomic E-state index is -3.99. The fraction of sp³-hybridized carbons (Fsp3) is 0.231. The molecule has 0 aliphatic carbocycles. The number of nitrogen functional groups attached to an aromatic ring is 1. The van der Waals surface area contributed by atoms with Gasteiger partial charge < -0.3 is 10.2 Å². The van der Waals surface area contributed by atoms with E-state index in [1.165, 1.54) is 7.05 Å². The first kappa shape index (κ1) is 16.0. The van der Waals surface area contributed by atoms with E-state index in [1.54, 1.807) is 19.1 Å². The predicted octanol–water partition coefficient (Wildman–Crippen LogP) is 2.89. The van der Waals surface area contributed by atoms with Gasteiger partial charge in [0.1, 0.15) is 16.5 Å². The lowest BCUT2D eigenvalue weighted by Crippen LogP contribution is -2.27. The maximum Gasteiger partial charge on any atom is 0.246 e. The second kappa shape index (κ2) is 5.78. The molecule has 0 unspecified atom stereocenters. The van der Waals surface area contributed by atoms with Crippen molar-refractivity contribution in [1.82, 2.24) is 4.31 Å². The van der Waals surface area contributed by atoms with Gasteiger partial charge in [0.15, 0.2) is 4.67 Å². The van der Waals surface area contributed by atoms with Crippen LogP contribution in [0.15, 0.2) is 38.2 Å². The number of benzene rings is 1. The quantitative estimate of drug-likeness (QED) is 0.832. The van der Waals surface area contributed by atoms with Crippen molar-refractivity contribution in [3.8, 4) is 0 Å². The van der Waals surface area contributed by atoms with Gasteiger partial charge in [-0.05, 0) is 52.7 Å². The van der Waals surface area contributed by atoms with Crippen LogP contribution in [0.2, 0.25) is 0 Å². The number of hydrogen-bond donors (Lipinski definition) is 1. The van der Waals surface area contributed by atoms with Crippen LogP contribution in [-0.2, 0) is 16.6 Å². The molecule has 2 aromatic rings. The third-order valence-electron chi connectivity index (χ3n) is 3.02. The number of nitrogens with zero attached hydrogens (tertiary/aromatic N) is 1. The van der Waals surface area contributed by atoms with Crippen molar-refractivity contribution in [3.63, 3.8) is 0 Å². The second-order valence-corrected chi connectivity index (χ2v) is 7.40. The zero-order valence-electron chi connectivity index (χ0n) is 11.4. The molecular formula is C13H14BrFN2O3S. The van der Waals surface area contributed by atoms with Gasteiger partial charge >= 0.3 is 0 Å². The van der Waals surface area contributed by atoms with E-state index in [-0.39, 0.29) is 12.2 Å². The zero-order chi connectivity index (χ0) is 15.8. The number of aryl methyl sites for hydroxylation is 1. The van der Waals surface area contributed by atoms with Crippen molar-refractivity contribution in [3.05, 3.63) is 46.1 Å². The maximum atomic E-state index is 13.9. The van der Waals surface area contributed by atoms with Crippen molar-refractivity contribution in [2.45, 2.75) is 18.4 Å². The minimum absolute atomic E-state index is 0.0127. The number of anilines is 1. The molecular weight excluding hydrogens is 363 g/mol. The van der Waals surface area contributed by atoms with E-state index in [4.69, 9.17) is 10.2 Å². The molecule has 0 saturated heterocycles. The Morgan fingerprint density at radius 2 is 2.05 bits per heavy atom. The van der Waals surface area contributed by atoms with Crippen molar-refractivity contribution in [2.24, 2.45) is 0 Å². The summed E-state index contributed by atoms with van der Waals surface area (Å²) in [7, 11) is -2.65. The Bertz CT molecular complexity index is 774. The minimum Gasteiger partial charge on any atom is -0.453 e. The summed E-state index contributed by atoms with van der Waals surface area (Å²) in [5.41, 5.74) is 6.38. The topological polar surface area (TPSA) is 76.5 Å². The molecule has 5 nitrogen and oxygen atoms in total. The summed E-state index contributed by atoms with van der Waals surface area (Å²) >= 11 is 3.14. The molecule has 0 aliphatic heterocycles. The molecule has 0 fully saturated rings. The molecule has 2 N–H and O–H groups in total. The van der Waals surface area contributed by atoms with Crippen LogP contribution in [0.5, 0.6) is 0 Å². The van der Waals surface area contributed by atoms with E-state index in [0.29, 0.717) is 16.0 Å². The van der Waals surface area contributed by atoms with Gasteiger partial charge in [0.05, 0.1) is 6.54 Å². The number of furan rings is 1. The van der Waals surface area contributed by atoms with Crippen molar-refractivity contribution < 1.29 is 17.2 Å². The molecule has 21 heavy (non-hydrogen) atoms. The fourth-order valence-corrected chi connectivity index (χ4v) is 3.33. The molecule has 1 aromatic carbocycles. The van der Waals surface area contributed by atoms with Crippen LogP contribution in [0.3, 0.4) is 0 Å². The highest BCUT2D eigenvalue weighted by atomic mass is 79.9. The molecule has 0 aliphatic rings. The zero-order valence-corrected chi connectivity index (χ0v) is 13.8. The van der Waals surface area contributed by atoms with Gasteiger partial charge in [-0.1, -0.05) is 0 Å². The second-order valence-electron chi connectivity index (χ2n) is 4.61. The first-order chi connectivity index (χ1) is 9.71. The third-order valence-corrected chi connectivity index (χ3v) is 5.26. The van der Waals surface area contributed by atoms with Crippen LogP contribution in [0.1, 0.15) is 11.3 Å². The summed E-state index contributed by atoms with van der Waals surface area (Å²) in [6.07, 6.45) is 0. The lowest BCUT2D eigenvalue weighted by Gasteiger charge is -2.17. The molecule has 0 radical (unpaired) electrons. The highest BCUT2D eigenvalue weighted by Gasteiger charge is 2.26. The third kappa shape index (κ3) is 3.28. The van der Waals surface area contributed by atoms with Crippen molar-refractivity contribution >= 4 is 31.6 Å². The van der Waals surface area contributed by atoms with Gasteiger partial charge in [0.25, 0.3) is 0 Å². The van der Waals surface area contributed by atoms with E-state index < -0.39 is 20.7 Å². The molecule has 0 saturated carbocycles. The number of nitrogens with two attached hydrogens (primary N) is 1. The van der Waals surface area contributed by atoms with Gasteiger partial charge in [0.2, 0.25) is 10.0 Å². The smallest absolute Gasteiger partial charge is 0.246 e. The molecule has 1 heterocycles. The SMILES string of the molecule is Cc1cc(F)c(S(=O)(=O)N(C)Cc2ccc(Br)o2)cc1N. The Labute approximate surface area is 130 Å². The summed E-state index contributed by atoms with van der Waals surface area (Å²) in [5.74, 6) is -0.386. The van der Waals surface area contributed by atoms with Gasteiger partial charge in [-0.2, -0.15) is 4.31 Å². The first-order valence-corrected chi connectivity index (χ1v) is 8.21. The first-order valence-electron chi connectivity index (χ1n) is 5.98. The summed E-state index contributed by atoms with van der Waals surface area (Å²) in [4.78, 5) is -0.446. The average Bonchev–Trinajstić information content (AvgIpc) is 2.79. The highest BCUT2D eigenvalue weighted by Crippen LogP contribution is 2.25. The predicted molar refractivity (Wildman–Crippen MR) is 80.6 cm³/mol. The monoisotopic (exact) mass is 376 g/mol. The Hall–Kier alpha value is -1.38. The van der Waals surface area contributed by atoms with E-state index in [2.05, 4.69) is 15.9 Å². The largest absolute Gasteiger partial charge is 0.453 e. The van der Waals surface area contributed by atoms with Gasteiger partial charge in [-0.3, -0.25) is 0 Å². The van der Waals surface area contributed by atoms with Gasteiger partial charge in [-0.15, -0.1) is 0 Å². The van der Waals surface area contributed by atoms with Crippen LogP contribution in [0.4, 0.5) is 10.1 Å². The highest BCUT2D eigenvalue weighted by molar-refractivity contribution is 9.10. The molecule has 0 spiro atoms. The number of halogens is 2. The molecule has 8 heteroatoms. The van der Waals surface area contributed by atoms with E-state index in [1.807, 2.05) is 0 Å². The van der Waals surface area contributed by atoms with Crippen LogP contribution >= 0.6 is 15.9 Å². The summed E-state index contributed by atoms with van der Waals surface area (Å²) < 4.78 is 45.5. The molecule has 0 atom stereocenters. The summed E-state index contributed by atoms with van der Waals surface area (Å²) in [6, 6.07) is 5.53. The average molecular weight is 377 g/mol. The van der Waals surface area contributed by atoms with Gasteiger partial charge in [-0.25, -0.2) is 12.8 Å². The Balaban J connectivity index is 2.35. The number of sulfonamides is 1. The number of rotatable bonds is 4. The van der Waals surface area contributed by atoms with Crippen LogP contribution in [0, 0.1) is 12.7 Å². The fourth-order valence-electron chi connectivity index (χ4n) is 1.78. The lowest BCUT2D eigenvalue weighted by molar-refractivity contribution is 0.396. The van der Waals surface area contributed by atoms with Crippen molar-refractivity contribution in [2.75, 3.05) is 12.8 Å². The number of hydrogen-bond acceptors (Lipinski definition) is 4. The molecule has 0 bridgehead atoms.